The van der Waals surface area contributed by atoms with Crippen LogP contribution in [0.25, 0.3) is 0 Å². The van der Waals surface area contributed by atoms with Crippen LogP contribution in [0.4, 0.5) is 0 Å². The van der Waals surface area contributed by atoms with Gasteiger partial charge >= 0.3 is 11.9 Å². The molecule has 2 aromatic carbocycles. The fraction of sp³-hybridized carbons (Fsp3) is 0.614. The van der Waals surface area contributed by atoms with Crippen LogP contribution in [0, 0.1) is 6.92 Å². The summed E-state index contributed by atoms with van der Waals surface area (Å²) in [6.07, 6.45) is 15.5. The Morgan fingerprint density at radius 3 is 1.96 bits per heavy atom. The van der Waals surface area contributed by atoms with E-state index in [1.54, 1.807) is 5.84 Å². The second kappa shape index (κ2) is 20.5. The molecule has 3 aliphatic rings. The maximum absolute atomic E-state index is 11.4. The molecule has 1 aliphatic carbocycles. The van der Waals surface area contributed by atoms with Crippen molar-refractivity contribution >= 4 is 30.2 Å². The Bertz CT molecular complexity index is 1710. The molecule has 2 aromatic rings. The summed E-state index contributed by atoms with van der Waals surface area (Å²) in [5.74, 6) is -0.365. The van der Waals surface area contributed by atoms with E-state index in [0.717, 1.165) is 79.4 Å². The van der Waals surface area contributed by atoms with Gasteiger partial charge in [-0.2, -0.15) is 0 Å². The van der Waals surface area contributed by atoms with Crippen molar-refractivity contribution in [2.24, 2.45) is 9.98 Å². The second-order valence-electron chi connectivity index (χ2n) is 17.4. The molecule has 4 N–H and O–H groups in total. The van der Waals surface area contributed by atoms with Gasteiger partial charge in [-0.25, -0.2) is 0 Å². The molecular formula is C44H65CoN4O6+. The number of phenolic OH excluding ortho intramolecular Hbond substituents is 2. The Balaban J connectivity index is 0.000000926. The van der Waals surface area contributed by atoms with Gasteiger partial charge in [-0.15, -0.1) is 0 Å². The Labute approximate surface area is 339 Å². The molecule has 1 fully saturated rings. The first-order chi connectivity index (χ1) is 25.4. The van der Waals surface area contributed by atoms with Crippen LogP contribution >= 0.6 is 0 Å². The number of hydrogen-bond donors (Lipinski definition) is 4. The van der Waals surface area contributed by atoms with Crippen molar-refractivity contribution in [3.8, 4) is 11.5 Å². The minimum absolute atomic E-state index is 0. The minimum atomic E-state index is -1.31. The van der Waals surface area contributed by atoms with Crippen LogP contribution in [0.15, 0.2) is 34.3 Å². The number of amidine groups is 1. The van der Waals surface area contributed by atoms with Gasteiger partial charge < -0.3 is 20.4 Å². The molecule has 5 rings (SSSR count). The van der Waals surface area contributed by atoms with Crippen molar-refractivity contribution in [1.29, 1.82) is 0 Å². The summed E-state index contributed by atoms with van der Waals surface area (Å²) in [6, 6.07) is 8.55. The van der Waals surface area contributed by atoms with Crippen LogP contribution in [-0.4, -0.2) is 98.4 Å². The van der Waals surface area contributed by atoms with Gasteiger partial charge in [-0.3, -0.25) is 29.0 Å². The van der Waals surface area contributed by atoms with Crippen LogP contribution in [0.2, 0.25) is 0 Å². The number of benzene rings is 2. The van der Waals surface area contributed by atoms with Crippen molar-refractivity contribution in [1.82, 2.24) is 4.90 Å². The molecule has 0 bridgehead atoms. The first-order valence-electron chi connectivity index (χ1n) is 20.0. The number of carboxylic acids is 2. The van der Waals surface area contributed by atoms with Crippen LogP contribution in [0.1, 0.15) is 146 Å². The molecule has 10 nitrogen and oxygen atoms in total. The van der Waals surface area contributed by atoms with E-state index in [0.29, 0.717) is 11.5 Å². The minimum Gasteiger partial charge on any atom is -0.507 e. The van der Waals surface area contributed by atoms with E-state index < -0.39 is 18.4 Å². The molecule has 2 atom stereocenters. The van der Waals surface area contributed by atoms with Crippen molar-refractivity contribution in [3.05, 3.63) is 57.6 Å². The number of carboxylic acid groups (broad SMARTS) is 2. The molecule has 0 amide bonds. The molecule has 0 saturated heterocycles. The molecule has 0 aromatic heterocycles. The van der Waals surface area contributed by atoms with Crippen LogP contribution in [-0.2, 0) is 43.6 Å². The number of carbonyl (C=O) groups is 2. The number of rotatable bonds is 10. The first kappa shape index (κ1) is 45.7. The standard InChI is InChI=1S/C41H60N4O2.C3H4O4.Co/c1-29-23-30(15-13-20-45-22-14-21-44-19-12-8-9-18-37(44)45)38(46)31(24-29)27-42-35-16-10-11-17-36(35)43-28-32-25-33(40(2,3)4)26-34(39(32)47)41(5,6)7;4-2(5)1-3(6)7;/h23-28,35-36H,8-22H2,1-7H3,(H-,42,43,46,47);1H2,(H,4,5)(H,6,7);/p+1. The van der Waals surface area contributed by atoms with E-state index in [1.165, 1.54) is 50.8 Å². The molecule has 2 unspecified atom stereocenters. The van der Waals surface area contributed by atoms with Crippen molar-refractivity contribution < 1.29 is 51.4 Å². The molecule has 11 heteroatoms. The van der Waals surface area contributed by atoms with E-state index >= 15 is 0 Å². The number of aliphatic imine (C=N–C) groups is 2. The first-order valence-corrected chi connectivity index (χ1v) is 20.0. The Hall–Kier alpha value is -3.70. The normalized spacial score (nSPS) is 19.4. The summed E-state index contributed by atoms with van der Waals surface area (Å²) in [4.78, 5) is 31.6. The number of nitrogens with zero attached hydrogens (tertiary/aromatic N) is 4. The fourth-order valence-corrected chi connectivity index (χ4v) is 7.79. The van der Waals surface area contributed by atoms with E-state index in [4.69, 9.17) is 20.2 Å². The maximum Gasteiger partial charge on any atom is 0.314 e. The number of aromatic hydroxyl groups is 2. The zero-order chi connectivity index (χ0) is 39.6. The molecule has 305 valence electrons. The Morgan fingerprint density at radius 2 is 1.40 bits per heavy atom. The molecular weight excluding hydrogens is 739 g/mol. The largest absolute Gasteiger partial charge is 0.507 e. The average Bonchev–Trinajstić information content (AvgIpc) is 3.34. The van der Waals surface area contributed by atoms with Crippen LogP contribution in [0.3, 0.4) is 0 Å². The molecule has 1 saturated carbocycles. The quantitative estimate of drug-likeness (QED) is 0.108. The molecule has 2 heterocycles. The molecule has 0 spiro atoms. The summed E-state index contributed by atoms with van der Waals surface area (Å²) >= 11 is 0. The third-order valence-electron chi connectivity index (χ3n) is 10.8. The number of phenols is 2. The summed E-state index contributed by atoms with van der Waals surface area (Å²) in [5, 5.41) is 38.1. The monoisotopic (exact) mass is 804 g/mol. The van der Waals surface area contributed by atoms with Gasteiger partial charge in [0, 0.05) is 58.7 Å². The van der Waals surface area contributed by atoms with Gasteiger partial charge in [0.25, 0.3) is 0 Å². The van der Waals surface area contributed by atoms with E-state index in [9.17, 15) is 19.8 Å². The summed E-state index contributed by atoms with van der Waals surface area (Å²) in [6.45, 7) is 19.8. The van der Waals surface area contributed by atoms with Gasteiger partial charge in [0.1, 0.15) is 17.9 Å². The summed E-state index contributed by atoms with van der Waals surface area (Å²) < 4.78 is 2.63. The van der Waals surface area contributed by atoms with Crippen molar-refractivity contribution in [2.45, 2.75) is 148 Å². The van der Waals surface area contributed by atoms with E-state index in [-0.39, 0.29) is 39.7 Å². The van der Waals surface area contributed by atoms with Crippen molar-refractivity contribution in [3.63, 3.8) is 0 Å². The predicted molar refractivity (Wildman–Crippen MR) is 217 cm³/mol. The molecule has 2 aliphatic heterocycles. The number of hydrogen-bond acceptors (Lipinski definition) is 7. The third-order valence-corrected chi connectivity index (χ3v) is 10.8. The van der Waals surface area contributed by atoms with Crippen LogP contribution in [0.5, 0.6) is 11.5 Å². The van der Waals surface area contributed by atoms with Gasteiger partial charge in [0.15, 0.2) is 0 Å². The number of aliphatic carboxylic acids is 2. The summed E-state index contributed by atoms with van der Waals surface area (Å²) in [5.41, 5.74) is 5.71. The smallest absolute Gasteiger partial charge is 0.314 e. The van der Waals surface area contributed by atoms with Gasteiger partial charge in [0.2, 0.25) is 5.84 Å². The molecule has 55 heavy (non-hydrogen) atoms. The molecule has 1 radical (unpaired) electrons. The van der Waals surface area contributed by atoms with Crippen molar-refractivity contribution in [2.75, 3.05) is 26.2 Å². The third kappa shape index (κ3) is 13.5. The van der Waals surface area contributed by atoms with Gasteiger partial charge in [-0.1, -0.05) is 66.5 Å². The predicted octanol–water partition coefficient (Wildman–Crippen LogP) is 8.02. The topological polar surface area (TPSA) is 146 Å². The average molecular weight is 805 g/mol. The SMILES string of the molecule is Cc1cc(C=NC2CCCCC2N=Cc2cc(C(C)(C)C)cc(C(C)(C)C)c2O)c(O)c(CCCN2CCC[N+]3=C2CCCCC3)c1.O=C(O)CC(=O)O.[Co]. The maximum atomic E-state index is 11.4. The number of aryl methyl sites for hydroxylation is 2. The van der Waals surface area contributed by atoms with E-state index in [2.05, 4.69) is 82.2 Å². The Morgan fingerprint density at radius 1 is 0.800 bits per heavy atom. The zero-order valence-electron chi connectivity index (χ0n) is 34.2. The van der Waals surface area contributed by atoms with Crippen LogP contribution < -0.4 is 0 Å². The van der Waals surface area contributed by atoms with Gasteiger partial charge in [0.05, 0.1) is 38.3 Å². The van der Waals surface area contributed by atoms with E-state index in [1.807, 2.05) is 12.4 Å². The zero-order valence-corrected chi connectivity index (χ0v) is 35.2. The Kier molecular flexibility index (Phi) is 17.0. The summed E-state index contributed by atoms with van der Waals surface area (Å²) in [7, 11) is 0. The van der Waals surface area contributed by atoms with Gasteiger partial charge in [-0.05, 0) is 91.5 Å². The second-order valence-corrected chi connectivity index (χ2v) is 17.4. The fourth-order valence-electron chi connectivity index (χ4n) is 7.79.